The molecule has 4 N–H and O–H groups in total. The van der Waals surface area contributed by atoms with Crippen molar-refractivity contribution in [1.82, 2.24) is 16.2 Å². The van der Waals surface area contributed by atoms with Crippen LogP contribution >= 0.6 is 0 Å². The van der Waals surface area contributed by atoms with Gasteiger partial charge in [0.2, 0.25) is 0 Å². The summed E-state index contributed by atoms with van der Waals surface area (Å²) >= 11 is 0. The molecule has 0 unspecified atom stereocenters. The molecule has 0 aromatic heterocycles. The molecule has 3 aromatic carbocycles. The lowest BCUT2D eigenvalue weighted by atomic mass is 10.0. The summed E-state index contributed by atoms with van der Waals surface area (Å²) in [6.07, 6.45) is 0. The van der Waals surface area contributed by atoms with E-state index in [4.69, 9.17) is 0 Å². The first kappa shape index (κ1) is 24.2. The van der Waals surface area contributed by atoms with E-state index >= 15 is 0 Å². The van der Waals surface area contributed by atoms with E-state index in [0.29, 0.717) is 16.8 Å². The second kappa shape index (κ2) is 11.4. The van der Waals surface area contributed by atoms with E-state index in [2.05, 4.69) is 21.5 Å². The number of rotatable bonds is 7. The maximum atomic E-state index is 13.0. The summed E-state index contributed by atoms with van der Waals surface area (Å²) in [6, 6.07) is 22.7. The summed E-state index contributed by atoms with van der Waals surface area (Å²) in [5, 5.41) is 5.44. The van der Waals surface area contributed by atoms with Gasteiger partial charge in [-0.15, -0.1) is 0 Å². The molecule has 0 saturated carbocycles. The van der Waals surface area contributed by atoms with Gasteiger partial charge in [-0.1, -0.05) is 62.4 Å². The van der Waals surface area contributed by atoms with Gasteiger partial charge in [-0.2, -0.15) is 0 Å². The van der Waals surface area contributed by atoms with Gasteiger partial charge in [0.25, 0.3) is 23.6 Å². The molecule has 0 aliphatic carbocycles. The van der Waals surface area contributed by atoms with E-state index in [9.17, 15) is 19.2 Å². The van der Waals surface area contributed by atoms with Crippen LogP contribution in [0.4, 0.5) is 5.69 Å². The highest BCUT2D eigenvalue weighted by Gasteiger charge is 2.26. The van der Waals surface area contributed by atoms with Gasteiger partial charge in [0.15, 0.2) is 0 Å². The second-order valence-electron chi connectivity index (χ2n) is 7.87. The van der Waals surface area contributed by atoms with Gasteiger partial charge in [0, 0.05) is 11.1 Å². The van der Waals surface area contributed by atoms with Crippen LogP contribution < -0.4 is 21.5 Å². The number of carbonyl (C=O) groups excluding carboxylic acids is 4. The smallest absolute Gasteiger partial charge is 0.269 e. The summed E-state index contributed by atoms with van der Waals surface area (Å²) in [5.41, 5.74) is 6.08. The highest BCUT2D eigenvalue weighted by molar-refractivity contribution is 6.09. The van der Waals surface area contributed by atoms with Crippen LogP contribution in [-0.4, -0.2) is 29.7 Å². The molecule has 3 aromatic rings. The van der Waals surface area contributed by atoms with Crippen molar-refractivity contribution in [3.05, 3.63) is 102 Å². The van der Waals surface area contributed by atoms with Gasteiger partial charge in [-0.25, -0.2) is 0 Å². The SMILES string of the molecule is CC(C)[C@H](NC(=O)c1ccccc1NC(=O)c1ccccc1)C(=O)NNC(=O)c1ccccc1. The first-order valence-corrected chi connectivity index (χ1v) is 10.8. The first-order valence-electron chi connectivity index (χ1n) is 10.8. The molecule has 4 amide bonds. The Kier molecular flexibility index (Phi) is 8.12. The van der Waals surface area contributed by atoms with E-state index < -0.39 is 23.8 Å². The van der Waals surface area contributed by atoms with Crippen molar-refractivity contribution < 1.29 is 19.2 Å². The predicted octanol–water partition coefficient (Wildman–Crippen LogP) is 3.15. The molecule has 0 bridgehead atoms. The minimum atomic E-state index is -0.929. The van der Waals surface area contributed by atoms with Crippen LogP contribution in [-0.2, 0) is 4.79 Å². The topological polar surface area (TPSA) is 116 Å². The van der Waals surface area contributed by atoms with E-state index in [-0.39, 0.29) is 17.4 Å². The van der Waals surface area contributed by atoms with Crippen LogP contribution in [0.3, 0.4) is 0 Å². The van der Waals surface area contributed by atoms with E-state index in [1.165, 1.54) is 0 Å². The van der Waals surface area contributed by atoms with Crippen LogP contribution in [0.2, 0.25) is 0 Å². The second-order valence-corrected chi connectivity index (χ2v) is 7.87. The van der Waals surface area contributed by atoms with Crippen molar-refractivity contribution in [2.45, 2.75) is 19.9 Å². The minimum absolute atomic E-state index is 0.207. The molecule has 0 saturated heterocycles. The lowest BCUT2D eigenvalue weighted by Crippen LogP contribution is -2.54. The Morgan fingerprint density at radius 3 is 1.74 bits per heavy atom. The number of benzene rings is 3. The average molecular weight is 459 g/mol. The molecule has 8 nitrogen and oxygen atoms in total. The van der Waals surface area contributed by atoms with Crippen LogP contribution in [0.25, 0.3) is 0 Å². The zero-order valence-corrected chi connectivity index (χ0v) is 18.9. The standard InChI is InChI=1S/C26H26N4O4/c1-17(2)22(26(34)30-29-24(32)19-13-7-4-8-14-19)28-25(33)20-15-9-10-16-21(20)27-23(31)18-11-5-3-6-12-18/h3-17,22H,1-2H3,(H,27,31)(H,28,33)(H,29,32)(H,30,34)/t22-/m0/s1. The van der Waals surface area contributed by atoms with Crippen LogP contribution in [0.5, 0.6) is 0 Å². The molecule has 174 valence electrons. The number of para-hydroxylation sites is 1. The molecule has 0 aliphatic rings. The molecular formula is C26H26N4O4. The van der Waals surface area contributed by atoms with Crippen molar-refractivity contribution in [2.24, 2.45) is 5.92 Å². The average Bonchev–Trinajstić information content (AvgIpc) is 2.86. The highest BCUT2D eigenvalue weighted by atomic mass is 16.2. The number of hydrogen-bond acceptors (Lipinski definition) is 4. The number of hydrazine groups is 1. The number of nitrogens with one attached hydrogen (secondary N) is 4. The number of hydrogen-bond donors (Lipinski definition) is 4. The molecule has 0 radical (unpaired) electrons. The molecule has 3 rings (SSSR count). The highest BCUT2D eigenvalue weighted by Crippen LogP contribution is 2.17. The van der Waals surface area contributed by atoms with E-state index in [1.54, 1.807) is 98.8 Å². The third kappa shape index (κ3) is 6.29. The molecular weight excluding hydrogens is 432 g/mol. The van der Waals surface area contributed by atoms with Crippen molar-refractivity contribution in [2.75, 3.05) is 5.32 Å². The van der Waals surface area contributed by atoms with Crippen LogP contribution in [0, 0.1) is 5.92 Å². The van der Waals surface area contributed by atoms with Gasteiger partial charge in [-0.3, -0.25) is 30.0 Å². The Balaban J connectivity index is 1.68. The molecule has 1 atom stereocenters. The Hall–Kier alpha value is -4.46. The maximum absolute atomic E-state index is 13.0. The van der Waals surface area contributed by atoms with E-state index in [1.807, 2.05) is 0 Å². The Morgan fingerprint density at radius 1 is 0.618 bits per heavy atom. The van der Waals surface area contributed by atoms with E-state index in [0.717, 1.165) is 0 Å². The molecule has 0 aliphatic heterocycles. The third-order valence-electron chi connectivity index (χ3n) is 5.03. The van der Waals surface area contributed by atoms with Crippen LogP contribution in [0.1, 0.15) is 44.9 Å². The molecule has 34 heavy (non-hydrogen) atoms. The fraction of sp³-hybridized carbons (Fsp3) is 0.154. The number of amides is 4. The monoisotopic (exact) mass is 458 g/mol. The Labute approximate surface area is 197 Å². The number of carbonyl (C=O) groups is 4. The van der Waals surface area contributed by atoms with Crippen molar-refractivity contribution in [3.63, 3.8) is 0 Å². The summed E-state index contributed by atoms with van der Waals surface area (Å²) < 4.78 is 0. The minimum Gasteiger partial charge on any atom is -0.340 e. The van der Waals surface area contributed by atoms with Gasteiger partial charge >= 0.3 is 0 Å². The lowest BCUT2D eigenvalue weighted by molar-refractivity contribution is -0.124. The molecule has 0 fully saturated rings. The number of anilines is 1. The van der Waals surface area contributed by atoms with Gasteiger partial charge in [0.05, 0.1) is 11.3 Å². The van der Waals surface area contributed by atoms with Gasteiger partial charge in [0.1, 0.15) is 6.04 Å². The Bertz CT molecular complexity index is 1160. The molecule has 0 spiro atoms. The normalized spacial score (nSPS) is 11.3. The van der Waals surface area contributed by atoms with Crippen molar-refractivity contribution in [1.29, 1.82) is 0 Å². The zero-order valence-electron chi connectivity index (χ0n) is 18.9. The maximum Gasteiger partial charge on any atom is 0.269 e. The fourth-order valence-electron chi connectivity index (χ4n) is 3.19. The summed E-state index contributed by atoms with van der Waals surface area (Å²) in [4.78, 5) is 50.5. The van der Waals surface area contributed by atoms with Gasteiger partial charge < -0.3 is 10.6 Å². The molecule has 8 heteroatoms. The van der Waals surface area contributed by atoms with Crippen molar-refractivity contribution >= 4 is 29.3 Å². The van der Waals surface area contributed by atoms with Crippen molar-refractivity contribution in [3.8, 4) is 0 Å². The largest absolute Gasteiger partial charge is 0.340 e. The fourth-order valence-corrected chi connectivity index (χ4v) is 3.19. The quantitative estimate of drug-likeness (QED) is 0.407. The first-order chi connectivity index (χ1) is 16.4. The Morgan fingerprint density at radius 2 is 1.15 bits per heavy atom. The van der Waals surface area contributed by atoms with Crippen LogP contribution in [0.15, 0.2) is 84.9 Å². The summed E-state index contributed by atoms with van der Waals surface area (Å²) in [6.45, 7) is 3.54. The molecule has 0 heterocycles. The third-order valence-corrected chi connectivity index (χ3v) is 5.03. The predicted molar refractivity (Wildman–Crippen MR) is 129 cm³/mol. The summed E-state index contributed by atoms with van der Waals surface area (Å²) in [7, 11) is 0. The van der Waals surface area contributed by atoms with Gasteiger partial charge in [-0.05, 0) is 42.3 Å². The lowest BCUT2D eigenvalue weighted by Gasteiger charge is -2.22. The summed E-state index contributed by atoms with van der Waals surface area (Å²) in [5.74, 6) is -2.21. The zero-order chi connectivity index (χ0) is 24.5.